The summed E-state index contributed by atoms with van der Waals surface area (Å²) in [5.41, 5.74) is 2.82. The van der Waals surface area contributed by atoms with Gasteiger partial charge in [-0.3, -0.25) is 9.59 Å². The maximum absolute atomic E-state index is 12.9. The predicted molar refractivity (Wildman–Crippen MR) is 114 cm³/mol. The maximum Gasteiger partial charge on any atom is 0.255 e. The predicted octanol–water partition coefficient (Wildman–Crippen LogP) is 3.40. The standard InChI is InChI=1S/C23H27N3O3/c27-22(24-20-9-2-3-10-21(20)25-13-15-29-16-14-25)18-7-6-8-19(17-18)23(28)26-11-4-1-5-12-26/h2-3,6-10,17H,1,4-5,11-16H2,(H,24,27). The summed E-state index contributed by atoms with van der Waals surface area (Å²) in [5, 5.41) is 3.02. The number of nitrogens with one attached hydrogen (secondary N) is 1. The average Bonchev–Trinajstić information content (AvgIpc) is 2.80. The van der Waals surface area contributed by atoms with E-state index < -0.39 is 0 Å². The molecule has 2 aromatic rings. The second kappa shape index (κ2) is 9.09. The van der Waals surface area contributed by atoms with Crippen LogP contribution in [0, 0.1) is 0 Å². The van der Waals surface area contributed by atoms with Crippen LogP contribution in [0.5, 0.6) is 0 Å². The quantitative estimate of drug-likeness (QED) is 0.865. The van der Waals surface area contributed by atoms with E-state index in [0.29, 0.717) is 24.3 Å². The molecule has 0 aliphatic carbocycles. The van der Waals surface area contributed by atoms with E-state index in [1.807, 2.05) is 29.2 Å². The third-order valence-corrected chi connectivity index (χ3v) is 5.52. The lowest BCUT2D eigenvalue weighted by Gasteiger charge is -2.30. The Morgan fingerprint density at radius 3 is 2.34 bits per heavy atom. The number of likely N-dealkylation sites (tertiary alicyclic amines) is 1. The van der Waals surface area contributed by atoms with E-state index in [1.54, 1.807) is 24.3 Å². The monoisotopic (exact) mass is 393 g/mol. The van der Waals surface area contributed by atoms with Crippen LogP contribution in [0.2, 0.25) is 0 Å². The van der Waals surface area contributed by atoms with Crippen LogP contribution in [0.15, 0.2) is 48.5 Å². The van der Waals surface area contributed by atoms with E-state index in [0.717, 1.165) is 50.4 Å². The topological polar surface area (TPSA) is 61.9 Å². The molecule has 152 valence electrons. The van der Waals surface area contributed by atoms with Gasteiger partial charge in [0, 0.05) is 37.3 Å². The first-order chi connectivity index (χ1) is 14.2. The number of carbonyl (C=O) groups excluding carboxylic acids is 2. The van der Waals surface area contributed by atoms with Crippen LogP contribution < -0.4 is 10.2 Å². The Kier molecular flexibility index (Phi) is 6.10. The van der Waals surface area contributed by atoms with Gasteiger partial charge in [0.2, 0.25) is 0 Å². The number of amides is 2. The van der Waals surface area contributed by atoms with Gasteiger partial charge in [0.15, 0.2) is 0 Å². The number of hydrogen-bond donors (Lipinski definition) is 1. The molecule has 0 saturated carbocycles. The van der Waals surface area contributed by atoms with Crippen LogP contribution in [0.1, 0.15) is 40.0 Å². The molecule has 0 unspecified atom stereocenters. The minimum absolute atomic E-state index is 0.00747. The van der Waals surface area contributed by atoms with Gasteiger partial charge in [0.1, 0.15) is 0 Å². The molecule has 0 spiro atoms. The van der Waals surface area contributed by atoms with Gasteiger partial charge in [0.05, 0.1) is 24.6 Å². The summed E-state index contributed by atoms with van der Waals surface area (Å²) in [5.74, 6) is -0.202. The summed E-state index contributed by atoms with van der Waals surface area (Å²) >= 11 is 0. The summed E-state index contributed by atoms with van der Waals surface area (Å²) in [6.07, 6.45) is 3.27. The van der Waals surface area contributed by atoms with Crippen molar-refractivity contribution < 1.29 is 14.3 Å². The Morgan fingerprint density at radius 2 is 1.55 bits per heavy atom. The van der Waals surface area contributed by atoms with E-state index >= 15 is 0 Å². The molecule has 4 rings (SSSR count). The molecule has 0 aromatic heterocycles. The molecular weight excluding hydrogens is 366 g/mol. The number of hydrogen-bond acceptors (Lipinski definition) is 4. The van der Waals surface area contributed by atoms with Crippen LogP contribution in [-0.4, -0.2) is 56.1 Å². The number of morpholine rings is 1. The van der Waals surface area contributed by atoms with Crippen molar-refractivity contribution >= 4 is 23.2 Å². The Labute approximate surface area is 171 Å². The summed E-state index contributed by atoms with van der Waals surface area (Å²) in [4.78, 5) is 29.8. The van der Waals surface area contributed by atoms with Gasteiger partial charge in [-0.1, -0.05) is 18.2 Å². The van der Waals surface area contributed by atoms with Crippen molar-refractivity contribution in [2.45, 2.75) is 19.3 Å². The molecule has 1 N–H and O–H groups in total. The third kappa shape index (κ3) is 4.59. The second-order valence-corrected chi connectivity index (χ2v) is 7.50. The summed E-state index contributed by atoms with van der Waals surface area (Å²) in [6, 6.07) is 14.8. The molecule has 2 aliphatic heterocycles. The van der Waals surface area contributed by atoms with Crippen LogP contribution in [0.4, 0.5) is 11.4 Å². The Bertz CT molecular complexity index is 871. The molecule has 2 aliphatic rings. The molecule has 6 heteroatoms. The van der Waals surface area contributed by atoms with Crippen molar-refractivity contribution in [1.82, 2.24) is 4.90 Å². The second-order valence-electron chi connectivity index (χ2n) is 7.50. The summed E-state index contributed by atoms with van der Waals surface area (Å²) in [7, 11) is 0. The van der Waals surface area contributed by atoms with Gasteiger partial charge in [-0.25, -0.2) is 0 Å². The smallest absolute Gasteiger partial charge is 0.255 e. The Morgan fingerprint density at radius 1 is 0.828 bits per heavy atom. The number of ether oxygens (including phenoxy) is 1. The number of rotatable bonds is 4. The van der Waals surface area contributed by atoms with E-state index in [2.05, 4.69) is 10.2 Å². The number of carbonyl (C=O) groups is 2. The van der Waals surface area contributed by atoms with Crippen molar-refractivity contribution in [3.8, 4) is 0 Å². The largest absolute Gasteiger partial charge is 0.378 e. The number of piperidine rings is 1. The van der Waals surface area contributed by atoms with Crippen LogP contribution in [0.25, 0.3) is 0 Å². The molecule has 0 bridgehead atoms. The highest BCUT2D eigenvalue weighted by molar-refractivity contribution is 6.07. The lowest BCUT2D eigenvalue weighted by atomic mass is 10.1. The fourth-order valence-corrected chi connectivity index (χ4v) is 3.93. The fourth-order valence-electron chi connectivity index (χ4n) is 3.93. The van der Waals surface area contributed by atoms with E-state index in [9.17, 15) is 9.59 Å². The van der Waals surface area contributed by atoms with Gasteiger partial charge in [-0.15, -0.1) is 0 Å². The summed E-state index contributed by atoms with van der Waals surface area (Å²) in [6.45, 7) is 4.55. The minimum atomic E-state index is -0.209. The number of nitrogens with zero attached hydrogens (tertiary/aromatic N) is 2. The van der Waals surface area contributed by atoms with Crippen molar-refractivity contribution in [2.75, 3.05) is 49.6 Å². The van der Waals surface area contributed by atoms with Gasteiger partial charge < -0.3 is 19.9 Å². The molecule has 29 heavy (non-hydrogen) atoms. The van der Waals surface area contributed by atoms with Crippen molar-refractivity contribution in [1.29, 1.82) is 0 Å². The number of para-hydroxylation sites is 2. The van der Waals surface area contributed by atoms with Gasteiger partial charge in [-0.2, -0.15) is 0 Å². The lowest BCUT2D eigenvalue weighted by Crippen LogP contribution is -2.36. The normalized spacial score (nSPS) is 17.1. The Balaban J connectivity index is 1.50. The third-order valence-electron chi connectivity index (χ3n) is 5.52. The first kappa shape index (κ1) is 19.5. The van der Waals surface area contributed by atoms with E-state index in [-0.39, 0.29) is 11.8 Å². The number of benzene rings is 2. The molecule has 2 amide bonds. The molecule has 0 radical (unpaired) electrons. The highest BCUT2D eigenvalue weighted by Gasteiger charge is 2.20. The first-order valence-electron chi connectivity index (χ1n) is 10.3. The highest BCUT2D eigenvalue weighted by atomic mass is 16.5. The summed E-state index contributed by atoms with van der Waals surface area (Å²) < 4.78 is 5.43. The average molecular weight is 393 g/mol. The first-order valence-corrected chi connectivity index (χ1v) is 10.3. The van der Waals surface area contributed by atoms with Crippen molar-refractivity contribution in [3.05, 3.63) is 59.7 Å². The van der Waals surface area contributed by atoms with Crippen LogP contribution >= 0.6 is 0 Å². The van der Waals surface area contributed by atoms with Crippen LogP contribution in [0.3, 0.4) is 0 Å². The van der Waals surface area contributed by atoms with Crippen molar-refractivity contribution in [3.63, 3.8) is 0 Å². The van der Waals surface area contributed by atoms with Crippen molar-refractivity contribution in [2.24, 2.45) is 0 Å². The highest BCUT2D eigenvalue weighted by Crippen LogP contribution is 2.27. The zero-order chi connectivity index (χ0) is 20.1. The maximum atomic E-state index is 12.9. The van der Waals surface area contributed by atoms with E-state index in [4.69, 9.17) is 4.74 Å². The van der Waals surface area contributed by atoms with Gasteiger partial charge in [0.25, 0.3) is 11.8 Å². The Hall–Kier alpha value is -2.86. The molecule has 6 nitrogen and oxygen atoms in total. The van der Waals surface area contributed by atoms with E-state index in [1.165, 1.54) is 6.42 Å². The molecule has 2 aromatic carbocycles. The molecule has 2 saturated heterocycles. The molecule has 0 atom stereocenters. The molecule has 2 heterocycles. The van der Waals surface area contributed by atoms with Crippen LogP contribution in [-0.2, 0) is 4.74 Å². The fraction of sp³-hybridized carbons (Fsp3) is 0.391. The zero-order valence-corrected chi connectivity index (χ0v) is 16.6. The van der Waals surface area contributed by atoms with Gasteiger partial charge >= 0.3 is 0 Å². The SMILES string of the molecule is O=C(Nc1ccccc1N1CCOCC1)c1cccc(C(=O)N2CCCCC2)c1. The minimum Gasteiger partial charge on any atom is -0.378 e. The lowest BCUT2D eigenvalue weighted by molar-refractivity contribution is 0.0724. The molecular formula is C23H27N3O3. The number of anilines is 2. The van der Waals surface area contributed by atoms with Gasteiger partial charge in [-0.05, 0) is 49.6 Å². The molecule has 2 fully saturated rings. The zero-order valence-electron chi connectivity index (χ0n) is 16.6.